The topological polar surface area (TPSA) is 28.5 Å². The average molecular weight is 399 g/mol. The summed E-state index contributed by atoms with van der Waals surface area (Å²) in [6.07, 6.45) is 0. The molecule has 3 heterocycles. The van der Waals surface area contributed by atoms with Crippen LogP contribution in [0.1, 0.15) is 27.8 Å². The lowest BCUT2D eigenvalue weighted by Crippen LogP contribution is -2.47. The van der Waals surface area contributed by atoms with E-state index < -0.39 is 9.58 Å². The molecular weight excluding hydrogens is 381 g/mol. The Kier molecular flexibility index (Phi) is 4.27. The number of hydrogen-bond donors (Lipinski definition) is 0. The van der Waals surface area contributed by atoms with Gasteiger partial charge in [0.2, 0.25) is 5.78 Å². The summed E-state index contributed by atoms with van der Waals surface area (Å²) in [5, 5.41) is 0. The number of anilines is 1. The minimum Gasteiger partial charge on any atom is -0.360 e. The predicted octanol–water partition coefficient (Wildman–Crippen LogP) is 3.90. The summed E-state index contributed by atoms with van der Waals surface area (Å²) < 4.78 is 0.0525. The summed E-state index contributed by atoms with van der Waals surface area (Å²) in [7, 11) is 2.12. The number of rotatable bonds is 1. The van der Waals surface area contributed by atoms with Gasteiger partial charge >= 0.3 is 0 Å². The van der Waals surface area contributed by atoms with Crippen LogP contribution in [0.4, 0.5) is 5.69 Å². The summed E-state index contributed by atoms with van der Waals surface area (Å²) >= 11 is 17.6. The Balaban J connectivity index is 1.88. The Hall–Kier alpha value is -1.20. The van der Waals surface area contributed by atoms with E-state index in [9.17, 15) is 4.79 Å². The third-order valence-electron chi connectivity index (χ3n) is 5.06. The van der Waals surface area contributed by atoms with Crippen molar-refractivity contribution in [3.05, 3.63) is 53.3 Å². The average Bonchev–Trinajstić information content (AvgIpc) is 2.91. The molecule has 2 aromatic rings. The quantitative estimate of drug-likeness (QED) is 0.539. The molecule has 1 aromatic carbocycles. The molecule has 25 heavy (non-hydrogen) atoms. The van der Waals surface area contributed by atoms with Crippen LogP contribution in [0.25, 0.3) is 0 Å². The van der Waals surface area contributed by atoms with Gasteiger partial charge in [-0.2, -0.15) is 0 Å². The fourth-order valence-corrected chi connectivity index (χ4v) is 4.14. The first-order valence-electron chi connectivity index (χ1n) is 8.20. The first-order valence-corrected chi connectivity index (χ1v) is 9.33. The van der Waals surface area contributed by atoms with Crippen molar-refractivity contribution in [2.75, 3.05) is 31.6 Å². The summed E-state index contributed by atoms with van der Waals surface area (Å²) in [6.45, 7) is 3.43. The van der Waals surface area contributed by atoms with Crippen molar-refractivity contribution in [2.24, 2.45) is 0 Å². The zero-order chi connectivity index (χ0) is 17.8. The van der Waals surface area contributed by atoms with Crippen molar-refractivity contribution >= 4 is 46.3 Å². The van der Waals surface area contributed by atoms with E-state index in [1.54, 1.807) is 6.07 Å². The number of carbonyl (C=O) groups is 1. The molecule has 2 aliphatic heterocycles. The SMILES string of the molecule is CN1CCN2c3ccccc3Cn3c(C(=O)C(Cl)(Cl)Cl)ccc3C2C1. The van der Waals surface area contributed by atoms with Crippen molar-refractivity contribution in [1.82, 2.24) is 9.47 Å². The number of likely N-dealkylation sites (N-methyl/N-ethyl adjacent to an activating group) is 1. The van der Waals surface area contributed by atoms with Crippen molar-refractivity contribution in [2.45, 2.75) is 16.4 Å². The van der Waals surface area contributed by atoms with Crippen LogP contribution >= 0.6 is 34.8 Å². The maximum absolute atomic E-state index is 12.6. The molecule has 1 aromatic heterocycles. The molecule has 0 amide bonds. The Morgan fingerprint density at radius 2 is 1.88 bits per heavy atom. The molecule has 0 saturated carbocycles. The van der Waals surface area contributed by atoms with Gasteiger partial charge in [-0.1, -0.05) is 53.0 Å². The highest BCUT2D eigenvalue weighted by Crippen LogP contribution is 2.39. The minimum absolute atomic E-state index is 0.166. The smallest absolute Gasteiger partial charge is 0.255 e. The number of hydrogen-bond acceptors (Lipinski definition) is 3. The van der Waals surface area contributed by atoms with Crippen LogP contribution in [0.2, 0.25) is 0 Å². The van der Waals surface area contributed by atoms with Gasteiger partial charge < -0.3 is 14.4 Å². The highest BCUT2D eigenvalue weighted by Gasteiger charge is 2.38. The van der Waals surface area contributed by atoms with E-state index in [2.05, 4.69) is 35.0 Å². The van der Waals surface area contributed by atoms with Crippen molar-refractivity contribution in [1.29, 1.82) is 0 Å². The molecule has 4 nitrogen and oxygen atoms in total. The molecule has 0 radical (unpaired) electrons. The van der Waals surface area contributed by atoms with E-state index in [-0.39, 0.29) is 6.04 Å². The Bertz CT molecular complexity index is 827. The molecule has 1 atom stereocenters. The molecule has 1 unspecified atom stereocenters. The summed E-state index contributed by atoms with van der Waals surface area (Å²) in [5.74, 6) is -0.487. The normalized spacial score (nSPS) is 20.5. The number of carbonyl (C=O) groups excluding carboxylic acids is 1. The Morgan fingerprint density at radius 3 is 2.64 bits per heavy atom. The lowest BCUT2D eigenvalue weighted by atomic mass is 10.1. The predicted molar refractivity (Wildman–Crippen MR) is 102 cm³/mol. The van der Waals surface area contributed by atoms with Crippen LogP contribution in [0.15, 0.2) is 36.4 Å². The summed E-state index contributed by atoms with van der Waals surface area (Å²) in [4.78, 5) is 17.3. The number of aromatic nitrogens is 1. The third kappa shape index (κ3) is 2.95. The molecule has 0 N–H and O–H groups in total. The molecule has 7 heteroatoms. The molecule has 0 spiro atoms. The summed E-state index contributed by atoms with van der Waals surface area (Å²) in [5.41, 5.74) is 3.92. The van der Waals surface area contributed by atoms with Gasteiger partial charge in [0.05, 0.1) is 18.3 Å². The highest BCUT2D eigenvalue weighted by molar-refractivity contribution is 6.77. The molecule has 2 aliphatic rings. The van der Waals surface area contributed by atoms with Crippen molar-refractivity contribution in [3.8, 4) is 0 Å². The standard InChI is InChI=1S/C18H18Cl3N3O/c1-22-8-9-23-13-5-3-2-4-12(13)10-24-14(16(23)11-22)6-7-15(24)17(25)18(19,20)21/h2-7,16H,8-11H2,1H3. The van der Waals surface area contributed by atoms with Crippen LogP contribution in [-0.2, 0) is 6.54 Å². The van der Waals surface area contributed by atoms with Gasteiger partial charge in [0.1, 0.15) is 0 Å². The van der Waals surface area contributed by atoms with Gasteiger partial charge in [-0.05, 0) is 30.8 Å². The van der Waals surface area contributed by atoms with Crippen LogP contribution in [-0.4, -0.2) is 45.7 Å². The van der Waals surface area contributed by atoms with E-state index in [1.807, 2.05) is 16.7 Å². The van der Waals surface area contributed by atoms with Crippen LogP contribution < -0.4 is 4.90 Å². The molecular formula is C18H18Cl3N3O. The second-order valence-electron chi connectivity index (χ2n) is 6.66. The minimum atomic E-state index is -1.95. The molecule has 0 aliphatic carbocycles. The Labute approximate surface area is 161 Å². The van der Waals surface area contributed by atoms with Crippen LogP contribution in [0.3, 0.4) is 0 Å². The van der Waals surface area contributed by atoms with Crippen LogP contribution in [0, 0.1) is 0 Å². The number of para-hydroxylation sites is 1. The zero-order valence-corrected chi connectivity index (χ0v) is 16.0. The van der Waals surface area contributed by atoms with Gasteiger partial charge in [-0.15, -0.1) is 0 Å². The zero-order valence-electron chi connectivity index (χ0n) is 13.8. The van der Waals surface area contributed by atoms with E-state index in [0.29, 0.717) is 12.2 Å². The van der Waals surface area contributed by atoms with E-state index in [1.165, 1.54) is 11.3 Å². The fourth-order valence-electron chi connectivity index (χ4n) is 3.85. The largest absolute Gasteiger partial charge is 0.360 e. The number of halogens is 3. The van der Waals surface area contributed by atoms with Gasteiger partial charge in [0, 0.05) is 31.0 Å². The van der Waals surface area contributed by atoms with Crippen molar-refractivity contribution < 1.29 is 4.79 Å². The van der Waals surface area contributed by atoms with Gasteiger partial charge in [0.25, 0.3) is 3.79 Å². The lowest BCUT2D eigenvalue weighted by molar-refractivity contribution is 0.0987. The number of piperazine rings is 1. The molecule has 4 rings (SSSR count). The van der Waals surface area contributed by atoms with Crippen molar-refractivity contribution in [3.63, 3.8) is 0 Å². The molecule has 1 saturated heterocycles. The second-order valence-corrected chi connectivity index (χ2v) is 8.94. The lowest BCUT2D eigenvalue weighted by Gasteiger charge is -2.41. The highest BCUT2D eigenvalue weighted by atomic mass is 35.6. The number of alkyl halides is 3. The number of benzene rings is 1. The third-order valence-corrected chi connectivity index (χ3v) is 5.57. The Morgan fingerprint density at radius 1 is 1.12 bits per heavy atom. The second kappa shape index (κ2) is 6.20. The summed E-state index contributed by atoms with van der Waals surface area (Å²) in [6, 6.07) is 12.3. The number of Topliss-reactive ketones (excluding diaryl/α,β-unsaturated/α-hetero) is 1. The van der Waals surface area contributed by atoms with Gasteiger partial charge in [0.15, 0.2) is 0 Å². The number of fused-ring (bicyclic) bond motifs is 5. The first kappa shape index (κ1) is 17.2. The molecule has 1 fully saturated rings. The number of ketones is 1. The fraction of sp³-hybridized carbons (Fsp3) is 0.389. The molecule has 132 valence electrons. The monoisotopic (exact) mass is 397 g/mol. The van der Waals surface area contributed by atoms with Gasteiger partial charge in [-0.3, -0.25) is 4.79 Å². The van der Waals surface area contributed by atoms with E-state index in [4.69, 9.17) is 34.8 Å². The number of nitrogens with zero attached hydrogens (tertiary/aromatic N) is 3. The van der Waals surface area contributed by atoms with E-state index in [0.717, 1.165) is 25.3 Å². The molecule has 0 bridgehead atoms. The van der Waals surface area contributed by atoms with Gasteiger partial charge in [-0.25, -0.2) is 0 Å². The maximum atomic E-state index is 12.6. The maximum Gasteiger partial charge on any atom is 0.255 e. The first-order chi connectivity index (χ1) is 11.9. The van der Waals surface area contributed by atoms with E-state index >= 15 is 0 Å². The van der Waals surface area contributed by atoms with Crippen LogP contribution in [0.5, 0.6) is 0 Å².